The van der Waals surface area contributed by atoms with Gasteiger partial charge in [-0.3, -0.25) is 9.69 Å². The third kappa shape index (κ3) is 2.71. The van der Waals surface area contributed by atoms with Gasteiger partial charge in [0.1, 0.15) is 5.82 Å². The van der Waals surface area contributed by atoms with Crippen molar-refractivity contribution in [2.75, 3.05) is 20.1 Å². The highest BCUT2D eigenvalue weighted by molar-refractivity contribution is 5.94. The van der Waals surface area contributed by atoms with Crippen LogP contribution in [0.1, 0.15) is 47.3 Å². The smallest absolute Gasteiger partial charge is 0.254 e. The predicted molar refractivity (Wildman–Crippen MR) is 90.4 cm³/mol. The van der Waals surface area contributed by atoms with Gasteiger partial charge in [-0.2, -0.15) is 0 Å². The summed E-state index contributed by atoms with van der Waals surface area (Å²) in [5.74, 6) is 2.07. The number of likely N-dealkylation sites (tertiary alicyclic amines) is 1. The van der Waals surface area contributed by atoms with Crippen LogP contribution in [0, 0.1) is 0 Å². The van der Waals surface area contributed by atoms with Gasteiger partial charge in [-0.15, -0.1) is 10.2 Å². The summed E-state index contributed by atoms with van der Waals surface area (Å²) < 4.78 is 2.22. The second-order valence-corrected chi connectivity index (χ2v) is 6.74. The molecular weight excluding hydrogens is 302 g/mol. The second kappa shape index (κ2) is 6.36. The number of aromatic nitrogens is 3. The van der Waals surface area contributed by atoms with Crippen LogP contribution in [-0.2, 0) is 13.1 Å². The number of nitrogens with zero attached hydrogens (tertiary/aromatic N) is 5. The molecule has 0 aliphatic carbocycles. The molecule has 1 fully saturated rings. The first kappa shape index (κ1) is 15.3. The van der Waals surface area contributed by atoms with Gasteiger partial charge in [-0.25, -0.2) is 0 Å². The molecule has 0 spiro atoms. The summed E-state index contributed by atoms with van der Waals surface area (Å²) in [6, 6.07) is 9.60. The van der Waals surface area contributed by atoms with Crippen LogP contribution < -0.4 is 0 Å². The molecule has 6 heteroatoms. The summed E-state index contributed by atoms with van der Waals surface area (Å²) in [4.78, 5) is 17.2. The number of hydrogen-bond acceptors (Lipinski definition) is 4. The number of carbonyl (C=O) groups excluding carboxylic acids is 1. The minimum absolute atomic E-state index is 0.0381. The third-order valence-electron chi connectivity index (χ3n) is 5.06. The largest absolute Gasteiger partial charge is 0.328 e. The number of likely N-dealkylation sites (N-methyl/N-ethyl adjacent to an activating group) is 1. The first-order valence-electron chi connectivity index (χ1n) is 8.70. The average molecular weight is 325 g/mol. The standard InChI is InChI=1S/C18H23N5O/c1-21-11-12-23-16(13-21)19-20-17(23)15-9-5-6-10-22(15)18(24)14-7-3-2-4-8-14/h2-4,7-8,15H,5-6,9-13H2,1H3. The maximum absolute atomic E-state index is 13.0. The molecule has 3 heterocycles. The van der Waals surface area contributed by atoms with Crippen LogP contribution in [0.3, 0.4) is 0 Å². The quantitative estimate of drug-likeness (QED) is 0.848. The van der Waals surface area contributed by atoms with Gasteiger partial charge in [0.2, 0.25) is 0 Å². The Morgan fingerprint density at radius 1 is 1.08 bits per heavy atom. The second-order valence-electron chi connectivity index (χ2n) is 6.74. The van der Waals surface area contributed by atoms with Crippen LogP contribution in [0.5, 0.6) is 0 Å². The van der Waals surface area contributed by atoms with Crippen molar-refractivity contribution in [3.05, 3.63) is 47.5 Å². The predicted octanol–water partition coefficient (Wildman–Crippen LogP) is 2.09. The van der Waals surface area contributed by atoms with E-state index in [1.54, 1.807) is 0 Å². The Morgan fingerprint density at radius 3 is 2.75 bits per heavy atom. The Labute approximate surface area is 142 Å². The first-order chi connectivity index (χ1) is 11.7. The topological polar surface area (TPSA) is 54.3 Å². The van der Waals surface area contributed by atoms with E-state index in [-0.39, 0.29) is 11.9 Å². The highest BCUT2D eigenvalue weighted by Gasteiger charge is 2.33. The Balaban J connectivity index is 1.65. The Kier molecular flexibility index (Phi) is 4.06. The lowest BCUT2D eigenvalue weighted by atomic mass is 10.00. The molecule has 1 saturated heterocycles. The van der Waals surface area contributed by atoms with Crippen molar-refractivity contribution in [1.82, 2.24) is 24.6 Å². The van der Waals surface area contributed by atoms with Gasteiger partial charge in [-0.1, -0.05) is 18.2 Å². The van der Waals surface area contributed by atoms with E-state index in [2.05, 4.69) is 26.7 Å². The van der Waals surface area contributed by atoms with Crippen molar-refractivity contribution in [2.45, 2.75) is 38.4 Å². The van der Waals surface area contributed by atoms with Gasteiger partial charge in [0, 0.05) is 25.2 Å². The minimum atomic E-state index is 0.0381. The van der Waals surface area contributed by atoms with E-state index >= 15 is 0 Å². The van der Waals surface area contributed by atoms with Crippen LogP contribution in [-0.4, -0.2) is 50.6 Å². The van der Waals surface area contributed by atoms with Gasteiger partial charge in [0.25, 0.3) is 5.91 Å². The SMILES string of the molecule is CN1CCn2c(nnc2C2CCCCN2C(=O)c2ccccc2)C1. The van der Waals surface area contributed by atoms with Gasteiger partial charge >= 0.3 is 0 Å². The summed E-state index contributed by atoms with van der Waals surface area (Å²) in [6.45, 7) is 3.52. The van der Waals surface area contributed by atoms with Crippen molar-refractivity contribution < 1.29 is 4.79 Å². The van der Waals surface area contributed by atoms with E-state index in [9.17, 15) is 4.79 Å². The summed E-state index contributed by atoms with van der Waals surface area (Å²) in [5.41, 5.74) is 0.752. The first-order valence-corrected chi connectivity index (χ1v) is 8.70. The van der Waals surface area contributed by atoms with Crippen LogP contribution in [0.4, 0.5) is 0 Å². The zero-order chi connectivity index (χ0) is 16.5. The molecule has 24 heavy (non-hydrogen) atoms. The summed E-state index contributed by atoms with van der Waals surface area (Å²) in [7, 11) is 2.10. The molecule has 2 aliphatic rings. The van der Waals surface area contributed by atoms with Crippen LogP contribution in [0.25, 0.3) is 0 Å². The molecule has 0 saturated carbocycles. The Morgan fingerprint density at radius 2 is 1.92 bits per heavy atom. The van der Waals surface area contributed by atoms with Gasteiger partial charge in [-0.05, 0) is 38.4 Å². The van der Waals surface area contributed by atoms with Crippen LogP contribution in [0.2, 0.25) is 0 Å². The van der Waals surface area contributed by atoms with Crippen molar-refractivity contribution in [1.29, 1.82) is 0 Å². The molecule has 1 amide bonds. The number of benzene rings is 1. The fourth-order valence-electron chi connectivity index (χ4n) is 3.74. The van der Waals surface area contributed by atoms with E-state index in [4.69, 9.17) is 0 Å². The zero-order valence-electron chi connectivity index (χ0n) is 14.1. The number of rotatable bonds is 2. The molecule has 1 aromatic heterocycles. The highest BCUT2D eigenvalue weighted by Crippen LogP contribution is 2.32. The minimum Gasteiger partial charge on any atom is -0.328 e. The highest BCUT2D eigenvalue weighted by atomic mass is 16.2. The van der Waals surface area contributed by atoms with Crippen LogP contribution in [0.15, 0.2) is 30.3 Å². The van der Waals surface area contributed by atoms with Crippen molar-refractivity contribution >= 4 is 5.91 Å². The lowest BCUT2D eigenvalue weighted by Crippen LogP contribution is -2.40. The molecule has 2 aromatic rings. The summed E-state index contributed by atoms with van der Waals surface area (Å²) in [5, 5.41) is 8.86. The lowest BCUT2D eigenvalue weighted by Gasteiger charge is -2.36. The Bertz CT molecular complexity index is 726. The molecule has 1 atom stereocenters. The van der Waals surface area contributed by atoms with Gasteiger partial charge in [0.15, 0.2) is 5.82 Å². The number of hydrogen-bond donors (Lipinski definition) is 0. The monoisotopic (exact) mass is 325 g/mol. The molecule has 1 unspecified atom stereocenters. The third-order valence-corrected chi connectivity index (χ3v) is 5.06. The average Bonchev–Trinajstić information content (AvgIpc) is 3.04. The molecule has 6 nitrogen and oxygen atoms in total. The summed E-state index contributed by atoms with van der Waals surface area (Å²) >= 11 is 0. The number of carbonyl (C=O) groups is 1. The van der Waals surface area contributed by atoms with Crippen molar-refractivity contribution in [3.63, 3.8) is 0 Å². The fourth-order valence-corrected chi connectivity index (χ4v) is 3.74. The van der Waals surface area contributed by atoms with E-state index in [1.807, 2.05) is 35.2 Å². The number of fused-ring (bicyclic) bond motifs is 1. The van der Waals surface area contributed by atoms with Gasteiger partial charge in [0.05, 0.1) is 12.6 Å². The van der Waals surface area contributed by atoms with E-state index in [0.717, 1.165) is 62.7 Å². The summed E-state index contributed by atoms with van der Waals surface area (Å²) in [6.07, 6.45) is 3.15. The van der Waals surface area contributed by atoms with Crippen molar-refractivity contribution in [2.24, 2.45) is 0 Å². The zero-order valence-corrected chi connectivity index (χ0v) is 14.1. The van der Waals surface area contributed by atoms with E-state index < -0.39 is 0 Å². The molecule has 126 valence electrons. The number of piperidine rings is 1. The molecule has 0 N–H and O–H groups in total. The molecule has 2 aliphatic heterocycles. The normalized spacial score (nSPS) is 21.5. The maximum Gasteiger partial charge on any atom is 0.254 e. The lowest BCUT2D eigenvalue weighted by molar-refractivity contribution is 0.0592. The van der Waals surface area contributed by atoms with Crippen LogP contribution >= 0.6 is 0 Å². The van der Waals surface area contributed by atoms with Crippen molar-refractivity contribution in [3.8, 4) is 0 Å². The maximum atomic E-state index is 13.0. The van der Waals surface area contributed by atoms with Gasteiger partial charge < -0.3 is 9.47 Å². The fraction of sp³-hybridized carbons (Fsp3) is 0.500. The Hall–Kier alpha value is -2.21. The van der Waals surface area contributed by atoms with E-state index in [0.29, 0.717) is 0 Å². The molecular formula is C18H23N5O. The molecule has 0 radical (unpaired) electrons. The van der Waals surface area contributed by atoms with E-state index in [1.165, 1.54) is 0 Å². The molecule has 0 bridgehead atoms. The number of amides is 1. The molecule has 1 aromatic carbocycles. The molecule has 4 rings (SSSR count).